The number of hydrogen-bond donors (Lipinski definition) is 1. The lowest BCUT2D eigenvalue weighted by atomic mass is 9.79. The van der Waals surface area contributed by atoms with Gasteiger partial charge in [0, 0.05) is 26.6 Å². The van der Waals surface area contributed by atoms with Crippen molar-refractivity contribution in [2.45, 2.75) is 37.8 Å². The zero-order valence-corrected chi connectivity index (χ0v) is 13.0. The number of ether oxygens (including phenoxy) is 2. The molecule has 1 saturated heterocycles. The Hall–Kier alpha value is -1.26. The first kappa shape index (κ1) is 15.1. The van der Waals surface area contributed by atoms with E-state index in [1.807, 2.05) is 18.2 Å². The van der Waals surface area contributed by atoms with E-state index >= 15 is 0 Å². The molecule has 0 aromatic heterocycles. The van der Waals surface area contributed by atoms with Crippen LogP contribution in [0.15, 0.2) is 24.3 Å². The van der Waals surface area contributed by atoms with Crippen LogP contribution in [0.4, 0.5) is 5.69 Å². The number of nitrogens with zero attached hydrogens (tertiary/aromatic N) is 1. The van der Waals surface area contributed by atoms with Crippen molar-refractivity contribution in [2.75, 3.05) is 32.2 Å². The number of rotatable bonds is 4. The maximum Gasteiger partial charge on any atom is 0.142 e. The molecule has 1 aliphatic heterocycles. The number of hydrogen-bond acceptors (Lipinski definition) is 4. The van der Waals surface area contributed by atoms with Crippen molar-refractivity contribution in [3.05, 3.63) is 24.3 Å². The smallest absolute Gasteiger partial charge is 0.142 e. The highest BCUT2D eigenvalue weighted by Gasteiger charge is 2.43. The third-order valence-corrected chi connectivity index (χ3v) is 4.35. The summed E-state index contributed by atoms with van der Waals surface area (Å²) in [5.74, 6) is 0.882. The molecule has 112 valence electrons. The monoisotopic (exact) mass is 278 g/mol. The first-order valence-electron chi connectivity index (χ1n) is 7.15. The van der Waals surface area contributed by atoms with Gasteiger partial charge in [-0.05, 0) is 32.4 Å². The van der Waals surface area contributed by atoms with Crippen molar-refractivity contribution in [2.24, 2.45) is 5.73 Å². The topological polar surface area (TPSA) is 47.7 Å². The van der Waals surface area contributed by atoms with Gasteiger partial charge in [0.1, 0.15) is 5.75 Å². The highest BCUT2D eigenvalue weighted by molar-refractivity contribution is 5.60. The molecule has 1 unspecified atom stereocenters. The molecule has 0 spiro atoms. The van der Waals surface area contributed by atoms with E-state index in [-0.39, 0.29) is 11.1 Å². The molecule has 4 heteroatoms. The fourth-order valence-electron chi connectivity index (χ4n) is 3.21. The number of benzene rings is 1. The van der Waals surface area contributed by atoms with Gasteiger partial charge in [-0.2, -0.15) is 0 Å². The first-order chi connectivity index (χ1) is 9.44. The van der Waals surface area contributed by atoms with Crippen molar-refractivity contribution < 1.29 is 9.47 Å². The summed E-state index contributed by atoms with van der Waals surface area (Å²) in [5, 5.41) is 0. The zero-order chi connectivity index (χ0) is 14.8. The Morgan fingerprint density at radius 1 is 1.35 bits per heavy atom. The molecular formula is C16H26N2O2. The summed E-state index contributed by atoms with van der Waals surface area (Å²) in [6.45, 7) is 5.61. The van der Waals surface area contributed by atoms with Gasteiger partial charge < -0.3 is 20.1 Å². The molecule has 1 heterocycles. The number of likely N-dealkylation sites (N-methyl/N-ethyl adjacent to an activating group) is 1. The van der Waals surface area contributed by atoms with E-state index < -0.39 is 0 Å². The molecule has 1 aromatic rings. The average Bonchev–Trinajstić information content (AvgIpc) is 2.45. The molecule has 2 N–H and O–H groups in total. The van der Waals surface area contributed by atoms with Crippen molar-refractivity contribution in [3.8, 4) is 5.75 Å². The van der Waals surface area contributed by atoms with E-state index in [0.29, 0.717) is 6.54 Å². The Morgan fingerprint density at radius 2 is 2.05 bits per heavy atom. The number of anilines is 1. The number of nitrogens with two attached hydrogens (primary N) is 1. The Labute approximate surface area is 121 Å². The van der Waals surface area contributed by atoms with E-state index in [4.69, 9.17) is 15.2 Å². The zero-order valence-electron chi connectivity index (χ0n) is 13.0. The van der Waals surface area contributed by atoms with Crippen LogP contribution in [0.5, 0.6) is 5.75 Å². The molecule has 0 bridgehead atoms. The average molecular weight is 278 g/mol. The summed E-state index contributed by atoms with van der Waals surface area (Å²) in [6.07, 6.45) is 1.84. The van der Waals surface area contributed by atoms with Gasteiger partial charge in [-0.3, -0.25) is 0 Å². The van der Waals surface area contributed by atoms with Gasteiger partial charge in [-0.1, -0.05) is 12.1 Å². The molecule has 4 nitrogen and oxygen atoms in total. The van der Waals surface area contributed by atoms with E-state index in [9.17, 15) is 0 Å². The Balaban J connectivity index is 2.35. The maximum atomic E-state index is 6.15. The summed E-state index contributed by atoms with van der Waals surface area (Å²) in [6, 6.07) is 8.08. The molecular weight excluding hydrogens is 252 g/mol. The van der Waals surface area contributed by atoms with Crippen LogP contribution in [0.3, 0.4) is 0 Å². The summed E-state index contributed by atoms with van der Waals surface area (Å²) in [4.78, 5) is 2.27. The van der Waals surface area contributed by atoms with Gasteiger partial charge in [0.15, 0.2) is 0 Å². The summed E-state index contributed by atoms with van der Waals surface area (Å²) < 4.78 is 11.3. The third-order valence-electron chi connectivity index (χ3n) is 4.35. The van der Waals surface area contributed by atoms with Crippen LogP contribution >= 0.6 is 0 Å². The van der Waals surface area contributed by atoms with Crippen molar-refractivity contribution >= 4 is 5.69 Å². The van der Waals surface area contributed by atoms with Crippen LogP contribution in [-0.2, 0) is 4.74 Å². The van der Waals surface area contributed by atoms with Crippen molar-refractivity contribution in [3.63, 3.8) is 0 Å². The summed E-state index contributed by atoms with van der Waals surface area (Å²) in [7, 11) is 3.81. The van der Waals surface area contributed by atoms with Crippen LogP contribution in [0.1, 0.15) is 26.7 Å². The summed E-state index contributed by atoms with van der Waals surface area (Å²) in [5.41, 5.74) is 7.00. The van der Waals surface area contributed by atoms with Crippen LogP contribution in [0.2, 0.25) is 0 Å². The minimum atomic E-state index is -0.145. The van der Waals surface area contributed by atoms with Gasteiger partial charge in [0.2, 0.25) is 0 Å². The molecule has 1 atom stereocenters. The van der Waals surface area contributed by atoms with Gasteiger partial charge in [0.05, 0.1) is 23.9 Å². The molecule has 2 rings (SSSR count). The maximum absolute atomic E-state index is 6.15. The fraction of sp³-hybridized carbons (Fsp3) is 0.625. The lowest BCUT2D eigenvalue weighted by Crippen LogP contribution is -2.59. The van der Waals surface area contributed by atoms with Gasteiger partial charge in [-0.15, -0.1) is 0 Å². The van der Waals surface area contributed by atoms with E-state index in [1.54, 1.807) is 7.11 Å². The fourth-order valence-corrected chi connectivity index (χ4v) is 3.21. The Morgan fingerprint density at radius 3 is 2.65 bits per heavy atom. The second-order valence-electron chi connectivity index (χ2n) is 6.19. The SMILES string of the molecule is COc1ccccc1N(C)C1(CN)CCOC(C)(C)C1. The van der Waals surface area contributed by atoms with Crippen LogP contribution in [0.25, 0.3) is 0 Å². The molecule has 0 radical (unpaired) electrons. The number of para-hydroxylation sites is 2. The second-order valence-corrected chi connectivity index (χ2v) is 6.19. The Kier molecular flexibility index (Phi) is 4.25. The quantitative estimate of drug-likeness (QED) is 0.919. The van der Waals surface area contributed by atoms with Gasteiger partial charge >= 0.3 is 0 Å². The van der Waals surface area contributed by atoms with Crippen molar-refractivity contribution in [1.29, 1.82) is 0 Å². The normalized spacial score (nSPS) is 25.2. The van der Waals surface area contributed by atoms with Crippen molar-refractivity contribution in [1.82, 2.24) is 0 Å². The molecule has 1 aromatic carbocycles. The van der Waals surface area contributed by atoms with Crippen LogP contribution in [0, 0.1) is 0 Å². The minimum absolute atomic E-state index is 0.0869. The number of methoxy groups -OCH3 is 1. The van der Waals surface area contributed by atoms with E-state index in [2.05, 4.69) is 31.9 Å². The molecule has 0 aliphatic carbocycles. The Bertz CT molecular complexity index is 462. The predicted molar refractivity (Wildman–Crippen MR) is 82.4 cm³/mol. The molecule has 20 heavy (non-hydrogen) atoms. The highest BCUT2D eigenvalue weighted by atomic mass is 16.5. The highest BCUT2D eigenvalue weighted by Crippen LogP contribution is 2.40. The van der Waals surface area contributed by atoms with Gasteiger partial charge in [0.25, 0.3) is 0 Å². The minimum Gasteiger partial charge on any atom is -0.495 e. The molecule has 1 aliphatic rings. The molecule has 0 saturated carbocycles. The first-order valence-corrected chi connectivity index (χ1v) is 7.15. The lowest BCUT2D eigenvalue weighted by Gasteiger charge is -2.50. The van der Waals surface area contributed by atoms with E-state index in [0.717, 1.165) is 30.9 Å². The van der Waals surface area contributed by atoms with E-state index in [1.165, 1.54) is 0 Å². The lowest BCUT2D eigenvalue weighted by molar-refractivity contribution is -0.0786. The molecule has 0 amide bonds. The predicted octanol–water partition coefficient (Wildman–Crippen LogP) is 2.42. The summed E-state index contributed by atoms with van der Waals surface area (Å²) >= 11 is 0. The van der Waals surface area contributed by atoms with Crippen LogP contribution < -0.4 is 15.4 Å². The standard InChI is InChI=1S/C16H26N2O2/c1-15(2)11-16(12-17,9-10-20-15)18(3)13-7-5-6-8-14(13)19-4/h5-8H,9-12,17H2,1-4H3. The third kappa shape index (κ3) is 2.76. The molecule has 1 fully saturated rings. The second kappa shape index (κ2) is 5.62. The largest absolute Gasteiger partial charge is 0.495 e. The van der Waals surface area contributed by atoms with Gasteiger partial charge in [-0.25, -0.2) is 0 Å². The van der Waals surface area contributed by atoms with Crippen LogP contribution in [-0.4, -0.2) is 38.4 Å².